The molecule has 126 valence electrons. The SMILES string of the molecule is C[C@@H](C(=O)N1C(=O)OC(C)(C)[C@@H]1Cc1ccccc1)C(Cl)(Cl)Cl. The molecule has 0 saturated carbocycles. The Labute approximate surface area is 150 Å². The van der Waals surface area contributed by atoms with Gasteiger partial charge in [0.2, 0.25) is 9.70 Å². The number of rotatable bonds is 3. The van der Waals surface area contributed by atoms with Gasteiger partial charge in [0, 0.05) is 0 Å². The van der Waals surface area contributed by atoms with Gasteiger partial charge in [-0.2, -0.15) is 0 Å². The summed E-state index contributed by atoms with van der Waals surface area (Å²) in [6.07, 6.45) is -0.236. The van der Waals surface area contributed by atoms with Gasteiger partial charge in [0.25, 0.3) is 0 Å². The Morgan fingerprint density at radius 3 is 2.39 bits per heavy atom. The third-order valence-corrected chi connectivity index (χ3v) is 5.01. The van der Waals surface area contributed by atoms with Gasteiger partial charge in [0.1, 0.15) is 5.60 Å². The van der Waals surface area contributed by atoms with Crippen LogP contribution in [0.15, 0.2) is 30.3 Å². The van der Waals surface area contributed by atoms with Crippen molar-refractivity contribution in [3.8, 4) is 0 Å². The monoisotopic (exact) mass is 377 g/mol. The van der Waals surface area contributed by atoms with Crippen LogP contribution in [0.25, 0.3) is 0 Å². The number of imide groups is 1. The van der Waals surface area contributed by atoms with E-state index >= 15 is 0 Å². The van der Waals surface area contributed by atoms with Crippen LogP contribution in [0, 0.1) is 5.92 Å². The number of cyclic esters (lactones) is 1. The molecular formula is C16H18Cl3NO3. The van der Waals surface area contributed by atoms with Crippen LogP contribution in [0.1, 0.15) is 26.3 Å². The lowest BCUT2D eigenvalue weighted by molar-refractivity contribution is -0.133. The number of halogens is 3. The number of nitrogens with zero attached hydrogens (tertiary/aromatic N) is 1. The van der Waals surface area contributed by atoms with Gasteiger partial charge in [-0.1, -0.05) is 65.1 Å². The summed E-state index contributed by atoms with van der Waals surface area (Å²) in [5.41, 5.74) is 0.166. The van der Waals surface area contributed by atoms with Crippen molar-refractivity contribution in [2.24, 2.45) is 5.92 Å². The first-order valence-corrected chi connectivity index (χ1v) is 8.34. The first kappa shape index (κ1) is 18.4. The molecular weight excluding hydrogens is 361 g/mol. The summed E-state index contributed by atoms with van der Waals surface area (Å²) in [5.74, 6) is -1.52. The predicted octanol–water partition coefficient (Wildman–Crippen LogP) is 4.36. The summed E-state index contributed by atoms with van der Waals surface area (Å²) in [6.45, 7) is 5.02. The summed E-state index contributed by atoms with van der Waals surface area (Å²) in [5, 5.41) is 0. The summed E-state index contributed by atoms with van der Waals surface area (Å²) < 4.78 is 3.58. The molecule has 1 aliphatic heterocycles. The number of carbonyl (C=O) groups is 2. The zero-order chi connectivity index (χ0) is 17.4. The van der Waals surface area contributed by atoms with Crippen molar-refractivity contribution < 1.29 is 14.3 Å². The highest BCUT2D eigenvalue weighted by Gasteiger charge is 2.53. The van der Waals surface area contributed by atoms with E-state index < -0.39 is 33.4 Å². The molecule has 0 N–H and O–H groups in total. The minimum absolute atomic E-state index is 0.470. The Balaban J connectivity index is 2.32. The number of amides is 2. The molecule has 1 aromatic carbocycles. The average molecular weight is 379 g/mol. The van der Waals surface area contributed by atoms with E-state index in [1.54, 1.807) is 13.8 Å². The van der Waals surface area contributed by atoms with Crippen LogP contribution in [-0.2, 0) is 16.0 Å². The van der Waals surface area contributed by atoms with Gasteiger partial charge in [-0.25, -0.2) is 9.69 Å². The summed E-state index contributed by atoms with van der Waals surface area (Å²) in [6, 6.07) is 9.09. The van der Waals surface area contributed by atoms with E-state index in [2.05, 4.69) is 0 Å². The van der Waals surface area contributed by atoms with Crippen molar-refractivity contribution in [2.45, 2.75) is 42.6 Å². The van der Waals surface area contributed by atoms with E-state index in [-0.39, 0.29) is 0 Å². The molecule has 2 amide bonds. The van der Waals surface area contributed by atoms with Crippen LogP contribution in [-0.4, -0.2) is 32.3 Å². The fourth-order valence-electron chi connectivity index (χ4n) is 2.55. The van der Waals surface area contributed by atoms with E-state index in [9.17, 15) is 9.59 Å². The Bertz CT molecular complexity index is 598. The number of hydrogen-bond donors (Lipinski definition) is 0. The molecule has 2 atom stereocenters. The minimum atomic E-state index is -1.79. The molecule has 1 heterocycles. The third kappa shape index (κ3) is 3.93. The second-order valence-corrected chi connectivity index (χ2v) is 8.52. The zero-order valence-corrected chi connectivity index (χ0v) is 15.3. The molecule has 7 heteroatoms. The standard InChI is InChI=1S/C16H18Cl3NO3/c1-10(16(17,18)19)13(21)20-12(15(2,3)23-14(20)22)9-11-7-5-4-6-8-11/h4-8,10,12H,9H2,1-3H3/t10-,12-/m0/s1. The van der Waals surface area contributed by atoms with Gasteiger partial charge in [0.15, 0.2) is 0 Å². The van der Waals surface area contributed by atoms with Gasteiger partial charge >= 0.3 is 6.09 Å². The molecule has 0 spiro atoms. The Hall–Kier alpha value is -0.970. The fraction of sp³-hybridized carbons (Fsp3) is 0.500. The lowest BCUT2D eigenvalue weighted by Crippen LogP contribution is -2.49. The van der Waals surface area contributed by atoms with E-state index in [1.165, 1.54) is 6.92 Å². The highest BCUT2D eigenvalue weighted by atomic mass is 35.6. The number of alkyl halides is 3. The van der Waals surface area contributed by atoms with Crippen LogP contribution >= 0.6 is 34.8 Å². The fourth-order valence-corrected chi connectivity index (χ4v) is 2.83. The third-order valence-electron chi connectivity index (χ3n) is 4.03. The zero-order valence-electron chi connectivity index (χ0n) is 13.1. The molecule has 0 aromatic heterocycles. The van der Waals surface area contributed by atoms with E-state index in [0.29, 0.717) is 6.42 Å². The van der Waals surface area contributed by atoms with Crippen molar-refractivity contribution in [3.05, 3.63) is 35.9 Å². The number of benzene rings is 1. The molecule has 4 nitrogen and oxygen atoms in total. The second-order valence-electron chi connectivity index (χ2n) is 6.15. The maximum absolute atomic E-state index is 12.7. The van der Waals surface area contributed by atoms with E-state index in [1.807, 2.05) is 30.3 Å². The molecule has 1 saturated heterocycles. The normalized spacial score (nSPS) is 21.9. The maximum Gasteiger partial charge on any atom is 0.417 e. The van der Waals surface area contributed by atoms with Gasteiger partial charge in [-0.15, -0.1) is 0 Å². The summed E-state index contributed by atoms with van der Waals surface area (Å²) >= 11 is 17.4. The Morgan fingerprint density at radius 1 is 1.30 bits per heavy atom. The molecule has 0 bridgehead atoms. The van der Waals surface area contributed by atoms with Crippen LogP contribution in [0.5, 0.6) is 0 Å². The second kappa shape index (κ2) is 6.50. The van der Waals surface area contributed by atoms with Crippen LogP contribution in [0.3, 0.4) is 0 Å². The number of hydrogen-bond acceptors (Lipinski definition) is 3. The van der Waals surface area contributed by atoms with Crippen molar-refractivity contribution in [1.29, 1.82) is 0 Å². The van der Waals surface area contributed by atoms with E-state index in [0.717, 1.165) is 10.5 Å². The van der Waals surface area contributed by atoms with Gasteiger partial charge in [0.05, 0.1) is 12.0 Å². The molecule has 0 unspecified atom stereocenters. The summed E-state index contributed by atoms with van der Waals surface area (Å²) in [7, 11) is 0. The minimum Gasteiger partial charge on any atom is -0.441 e. The van der Waals surface area contributed by atoms with Crippen LogP contribution in [0.4, 0.5) is 4.79 Å². The summed E-state index contributed by atoms with van der Waals surface area (Å²) in [4.78, 5) is 26.0. The van der Waals surface area contributed by atoms with E-state index in [4.69, 9.17) is 39.5 Å². The number of ether oxygens (including phenoxy) is 1. The first-order chi connectivity index (χ1) is 10.5. The molecule has 1 fully saturated rings. The molecule has 2 rings (SSSR count). The topological polar surface area (TPSA) is 46.6 Å². The largest absolute Gasteiger partial charge is 0.441 e. The lowest BCUT2D eigenvalue weighted by Gasteiger charge is -2.30. The van der Waals surface area contributed by atoms with Crippen molar-refractivity contribution in [2.75, 3.05) is 0 Å². The molecule has 0 radical (unpaired) electrons. The maximum atomic E-state index is 12.7. The average Bonchev–Trinajstić information content (AvgIpc) is 2.66. The van der Waals surface area contributed by atoms with Gasteiger partial charge in [-0.3, -0.25) is 4.79 Å². The van der Waals surface area contributed by atoms with Crippen molar-refractivity contribution in [1.82, 2.24) is 4.90 Å². The van der Waals surface area contributed by atoms with Gasteiger partial charge < -0.3 is 4.74 Å². The number of carbonyl (C=O) groups excluding carboxylic acids is 2. The lowest BCUT2D eigenvalue weighted by atomic mass is 9.91. The van der Waals surface area contributed by atoms with Crippen molar-refractivity contribution >= 4 is 46.8 Å². The van der Waals surface area contributed by atoms with Gasteiger partial charge in [-0.05, 0) is 32.8 Å². The highest BCUT2D eigenvalue weighted by Crippen LogP contribution is 2.39. The Morgan fingerprint density at radius 2 is 1.87 bits per heavy atom. The first-order valence-electron chi connectivity index (χ1n) is 7.20. The van der Waals surface area contributed by atoms with Crippen molar-refractivity contribution in [3.63, 3.8) is 0 Å². The smallest absolute Gasteiger partial charge is 0.417 e. The molecule has 1 aliphatic rings. The van der Waals surface area contributed by atoms with Crippen LogP contribution < -0.4 is 0 Å². The molecule has 0 aliphatic carbocycles. The predicted molar refractivity (Wildman–Crippen MR) is 90.8 cm³/mol. The van der Waals surface area contributed by atoms with Crippen LogP contribution in [0.2, 0.25) is 0 Å². The Kier molecular flexibility index (Phi) is 5.19. The molecule has 23 heavy (non-hydrogen) atoms. The quantitative estimate of drug-likeness (QED) is 0.734. The molecule has 1 aromatic rings. The highest BCUT2D eigenvalue weighted by molar-refractivity contribution is 6.68.